The maximum absolute atomic E-state index is 12.1. The van der Waals surface area contributed by atoms with Crippen LogP contribution in [0.3, 0.4) is 0 Å². The maximum Gasteiger partial charge on any atom is 0.220 e. The first kappa shape index (κ1) is 23.2. The van der Waals surface area contributed by atoms with Gasteiger partial charge < -0.3 is 11.1 Å². The molecule has 26 heavy (non-hydrogen) atoms. The van der Waals surface area contributed by atoms with E-state index in [1.807, 2.05) is 0 Å². The van der Waals surface area contributed by atoms with Crippen molar-refractivity contribution >= 4 is 30.7 Å². The first-order valence-corrected chi connectivity index (χ1v) is 9.53. The van der Waals surface area contributed by atoms with E-state index in [4.69, 9.17) is 5.73 Å². The Bertz CT molecular complexity index is 532. The molecule has 0 spiro atoms. The van der Waals surface area contributed by atoms with E-state index < -0.39 is 0 Å². The van der Waals surface area contributed by atoms with Crippen molar-refractivity contribution in [2.75, 3.05) is 13.1 Å². The molecule has 1 aliphatic carbocycles. The summed E-state index contributed by atoms with van der Waals surface area (Å²) < 4.78 is 0. The molecule has 2 fully saturated rings. The SMILES string of the molecule is Cl.Cl.N[C@@H]1CCC[C@H]1CC(=O)NCc1ccc(CN2CCCCC2)cc1. The fraction of sp³-hybridized carbons (Fsp3) is 0.650. The number of carbonyl (C=O) groups excluding carboxylic acids is 1. The summed E-state index contributed by atoms with van der Waals surface area (Å²) in [4.78, 5) is 14.6. The van der Waals surface area contributed by atoms with Gasteiger partial charge in [-0.05, 0) is 55.8 Å². The highest BCUT2D eigenvalue weighted by molar-refractivity contribution is 5.85. The zero-order chi connectivity index (χ0) is 16.8. The quantitative estimate of drug-likeness (QED) is 0.764. The summed E-state index contributed by atoms with van der Waals surface area (Å²) in [6.07, 6.45) is 7.94. The first-order valence-electron chi connectivity index (χ1n) is 9.53. The number of benzene rings is 1. The van der Waals surface area contributed by atoms with Crippen molar-refractivity contribution in [1.29, 1.82) is 0 Å². The Morgan fingerprint density at radius 3 is 2.27 bits per heavy atom. The van der Waals surface area contributed by atoms with Crippen LogP contribution in [-0.2, 0) is 17.9 Å². The van der Waals surface area contributed by atoms with Crippen molar-refractivity contribution in [3.05, 3.63) is 35.4 Å². The molecule has 2 atom stereocenters. The molecule has 1 aliphatic heterocycles. The third-order valence-corrected chi connectivity index (χ3v) is 5.53. The van der Waals surface area contributed by atoms with Gasteiger partial charge in [-0.3, -0.25) is 9.69 Å². The summed E-state index contributed by atoms with van der Waals surface area (Å²) in [5.41, 5.74) is 8.58. The number of piperidine rings is 1. The molecule has 1 saturated carbocycles. The number of hydrogen-bond donors (Lipinski definition) is 2. The average Bonchev–Trinajstić information content (AvgIpc) is 3.00. The third-order valence-electron chi connectivity index (χ3n) is 5.53. The Balaban J connectivity index is 0.00000169. The van der Waals surface area contributed by atoms with Gasteiger partial charge in [0.15, 0.2) is 0 Å². The predicted octanol–water partition coefficient (Wildman–Crippen LogP) is 3.65. The predicted molar refractivity (Wildman–Crippen MR) is 112 cm³/mol. The van der Waals surface area contributed by atoms with E-state index in [1.165, 1.54) is 43.5 Å². The van der Waals surface area contributed by atoms with Gasteiger partial charge in [0.25, 0.3) is 0 Å². The van der Waals surface area contributed by atoms with E-state index in [1.54, 1.807) is 0 Å². The normalized spacial score (nSPS) is 23.0. The summed E-state index contributed by atoms with van der Waals surface area (Å²) in [5, 5.41) is 3.04. The van der Waals surface area contributed by atoms with Gasteiger partial charge >= 0.3 is 0 Å². The minimum Gasteiger partial charge on any atom is -0.352 e. The second kappa shape index (κ2) is 11.8. The lowest BCUT2D eigenvalue weighted by molar-refractivity contribution is -0.122. The Labute approximate surface area is 170 Å². The Hall–Kier alpha value is -0.810. The standard InChI is InChI=1S/C20H31N3O.2ClH/c21-19-6-4-5-18(19)13-20(24)22-14-16-7-9-17(10-8-16)15-23-11-2-1-3-12-23;;/h7-10,18-19H,1-6,11-15,21H2,(H,22,24);2*1H/t18-,19+;;/m0../s1. The Morgan fingerprint density at radius 2 is 1.65 bits per heavy atom. The minimum absolute atomic E-state index is 0. The number of halogens is 2. The molecule has 1 amide bonds. The largest absolute Gasteiger partial charge is 0.352 e. The molecule has 6 heteroatoms. The van der Waals surface area contributed by atoms with Gasteiger partial charge in [-0.25, -0.2) is 0 Å². The molecule has 0 aromatic heterocycles. The number of nitrogens with one attached hydrogen (secondary N) is 1. The van der Waals surface area contributed by atoms with Crippen molar-refractivity contribution in [3.8, 4) is 0 Å². The second-order valence-electron chi connectivity index (χ2n) is 7.49. The lowest BCUT2D eigenvalue weighted by atomic mass is 10.00. The molecule has 1 aromatic rings. The van der Waals surface area contributed by atoms with Crippen LogP contribution >= 0.6 is 24.8 Å². The van der Waals surface area contributed by atoms with E-state index >= 15 is 0 Å². The van der Waals surface area contributed by atoms with E-state index in [-0.39, 0.29) is 36.8 Å². The van der Waals surface area contributed by atoms with Crippen LogP contribution < -0.4 is 11.1 Å². The van der Waals surface area contributed by atoms with Crippen molar-refractivity contribution < 1.29 is 4.79 Å². The fourth-order valence-corrected chi connectivity index (χ4v) is 3.97. The van der Waals surface area contributed by atoms with Gasteiger partial charge in [0.1, 0.15) is 0 Å². The van der Waals surface area contributed by atoms with Crippen LogP contribution in [0.15, 0.2) is 24.3 Å². The highest BCUT2D eigenvalue weighted by Crippen LogP contribution is 2.26. The number of amides is 1. The zero-order valence-electron chi connectivity index (χ0n) is 15.5. The number of nitrogens with two attached hydrogens (primary N) is 1. The number of nitrogens with zero attached hydrogens (tertiary/aromatic N) is 1. The van der Waals surface area contributed by atoms with Gasteiger partial charge in [0.05, 0.1) is 0 Å². The number of rotatable bonds is 6. The molecular weight excluding hydrogens is 369 g/mol. The molecule has 1 saturated heterocycles. The molecule has 1 aromatic carbocycles. The van der Waals surface area contributed by atoms with Crippen LogP contribution in [0, 0.1) is 5.92 Å². The van der Waals surface area contributed by atoms with Crippen LogP contribution in [0.25, 0.3) is 0 Å². The molecule has 0 bridgehead atoms. The van der Waals surface area contributed by atoms with Gasteiger partial charge in [-0.15, -0.1) is 24.8 Å². The highest BCUT2D eigenvalue weighted by atomic mass is 35.5. The Kier molecular flexibility index (Phi) is 10.6. The molecular formula is C20H33Cl2N3O. The molecule has 148 valence electrons. The maximum atomic E-state index is 12.1. The van der Waals surface area contributed by atoms with E-state index in [0.717, 1.165) is 25.8 Å². The summed E-state index contributed by atoms with van der Waals surface area (Å²) in [5.74, 6) is 0.506. The van der Waals surface area contributed by atoms with Crippen molar-refractivity contribution in [2.45, 2.75) is 64.1 Å². The lowest BCUT2D eigenvalue weighted by Gasteiger charge is -2.26. The molecule has 1 heterocycles. The molecule has 0 radical (unpaired) electrons. The summed E-state index contributed by atoms with van der Waals surface area (Å²) in [7, 11) is 0. The lowest BCUT2D eigenvalue weighted by Crippen LogP contribution is -2.31. The van der Waals surface area contributed by atoms with Gasteiger partial charge in [-0.2, -0.15) is 0 Å². The van der Waals surface area contributed by atoms with Gasteiger partial charge in [0.2, 0.25) is 5.91 Å². The van der Waals surface area contributed by atoms with E-state index in [2.05, 4.69) is 34.5 Å². The van der Waals surface area contributed by atoms with Crippen molar-refractivity contribution in [2.24, 2.45) is 11.7 Å². The van der Waals surface area contributed by atoms with Crippen LogP contribution in [0.4, 0.5) is 0 Å². The minimum atomic E-state index is 0. The number of hydrogen-bond acceptors (Lipinski definition) is 3. The molecule has 3 N–H and O–H groups in total. The summed E-state index contributed by atoms with van der Waals surface area (Å²) in [6, 6.07) is 8.89. The zero-order valence-corrected chi connectivity index (χ0v) is 17.1. The molecule has 3 rings (SSSR count). The summed E-state index contributed by atoms with van der Waals surface area (Å²) >= 11 is 0. The monoisotopic (exact) mass is 401 g/mol. The fourth-order valence-electron chi connectivity index (χ4n) is 3.97. The molecule has 4 nitrogen and oxygen atoms in total. The van der Waals surface area contributed by atoms with Crippen molar-refractivity contribution in [1.82, 2.24) is 10.2 Å². The topological polar surface area (TPSA) is 58.4 Å². The third kappa shape index (κ3) is 7.07. The number of carbonyl (C=O) groups is 1. The number of likely N-dealkylation sites (tertiary alicyclic amines) is 1. The second-order valence-corrected chi connectivity index (χ2v) is 7.49. The average molecular weight is 402 g/mol. The van der Waals surface area contributed by atoms with Crippen LogP contribution in [0.2, 0.25) is 0 Å². The summed E-state index contributed by atoms with van der Waals surface area (Å²) in [6.45, 7) is 4.11. The first-order chi connectivity index (χ1) is 11.7. The van der Waals surface area contributed by atoms with Crippen LogP contribution in [-0.4, -0.2) is 29.9 Å². The van der Waals surface area contributed by atoms with Gasteiger partial charge in [-0.1, -0.05) is 37.1 Å². The highest BCUT2D eigenvalue weighted by Gasteiger charge is 2.25. The van der Waals surface area contributed by atoms with Crippen molar-refractivity contribution in [3.63, 3.8) is 0 Å². The molecule has 2 aliphatic rings. The Morgan fingerprint density at radius 1 is 1.00 bits per heavy atom. The van der Waals surface area contributed by atoms with Crippen LogP contribution in [0.1, 0.15) is 56.1 Å². The van der Waals surface area contributed by atoms with Crippen LogP contribution in [0.5, 0.6) is 0 Å². The van der Waals surface area contributed by atoms with E-state index in [0.29, 0.717) is 18.9 Å². The smallest absolute Gasteiger partial charge is 0.220 e. The van der Waals surface area contributed by atoms with E-state index in [9.17, 15) is 4.79 Å². The van der Waals surface area contributed by atoms with Gasteiger partial charge in [0, 0.05) is 25.6 Å². The molecule has 0 unspecified atom stereocenters.